The predicted molar refractivity (Wildman–Crippen MR) is 95.8 cm³/mol. The van der Waals surface area contributed by atoms with Crippen LogP contribution in [0.25, 0.3) is 0 Å². The molecular weight excluding hydrogens is 338 g/mol. The van der Waals surface area contributed by atoms with Crippen LogP contribution in [-0.4, -0.2) is 42.6 Å². The lowest BCUT2D eigenvalue weighted by Gasteiger charge is -2.33. The van der Waals surface area contributed by atoms with Crippen LogP contribution in [0.1, 0.15) is 30.4 Å². The van der Waals surface area contributed by atoms with Gasteiger partial charge in [-0.25, -0.2) is 4.98 Å². The Labute approximate surface area is 151 Å². The standard InChI is InChI=1S/C17H20ClN7/c1-23-15(12-25-10-4-8-20-25)21-22-16(23)13-5-3-9-24(11-13)17-14(18)6-2-7-19-17/h2,4,6-8,10,13H,3,5,9,11-12H2,1H3/t13-/m0/s1. The number of aromatic nitrogens is 6. The molecule has 0 radical (unpaired) electrons. The largest absolute Gasteiger partial charge is 0.355 e. The van der Waals surface area contributed by atoms with Crippen molar-refractivity contribution in [1.82, 2.24) is 29.5 Å². The third kappa shape index (κ3) is 3.24. The zero-order valence-corrected chi connectivity index (χ0v) is 14.8. The fourth-order valence-electron chi connectivity index (χ4n) is 3.40. The second kappa shape index (κ2) is 6.84. The zero-order chi connectivity index (χ0) is 17.2. The molecule has 0 spiro atoms. The van der Waals surface area contributed by atoms with Crippen molar-refractivity contribution in [2.45, 2.75) is 25.3 Å². The summed E-state index contributed by atoms with van der Waals surface area (Å²) in [4.78, 5) is 6.70. The van der Waals surface area contributed by atoms with E-state index in [4.69, 9.17) is 11.6 Å². The van der Waals surface area contributed by atoms with Crippen LogP contribution in [0.5, 0.6) is 0 Å². The van der Waals surface area contributed by atoms with E-state index in [1.807, 2.05) is 36.1 Å². The van der Waals surface area contributed by atoms with Gasteiger partial charge in [0, 0.05) is 44.6 Å². The molecule has 0 aliphatic carbocycles. The summed E-state index contributed by atoms with van der Waals surface area (Å²) >= 11 is 6.32. The fourth-order valence-corrected chi connectivity index (χ4v) is 3.64. The maximum absolute atomic E-state index is 6.32. The molecule has 1 fully saturated rings. The smallest absolute Gasteiger partial charge is 0.154 e. The van der Waals surface area contributed by atoms with Crippen LogP contribution in [0.3, 0.4) is 0 Å². The van der Waals surface area contributed by atoms with Crippen molar-refractivity contribution in [1.29, 1.82) is 0 Å². The molecule has 4 rings (SSSR count). The van der Waals surface area contributed by atoms with Gasteiger partial charge in [0.25, 0.3) is 0 Å². The molecule has 3 aromatic heterocycles. The Kier molecular flexibility index (Phi) is 4.40. The molecule has 7 nitrogen and oxygen atoms in total. The molecule has 0 unspecified atom stereocenters. The SMILES string of the molecule is Cn1c(Cn2cccn2)nnc1[C@H]1CCCN(c2ncccc2Cl)C1. The minimum atomic E-state index is 0.315. The molecule has 0 amide bonds. The molecule has 1 saturated heterocycles. The van der Waals surface area contributed by atoms with Crippen molar-refractivity contribution in [2.24, 2.45) is 7.05 Å². The molecule has 0 bridgehead atoms. The summed E-state index contributed by atoms with van der Waals surface area (Å²) in [6, 6.07) is 5.66. The summed E-state index contributed by atoms with van der Waals surface area (Å²) in [6.07, 6.45) is 7.66. The summed E-state index contributed by atoms with van der Waals surface area (Å²) in [5.74, 6) is 3.09. The monoisotopic (exact) mass is 357 g/mol. The molecule has 1 aliphatic heterocycles. The molecule has 0 saturated carbocycles. The van der Waals surface area contributed by atoms with Crippen LogP contribution >= 0.6 is 11.6 Å². The van der Waals surface area contributed by atoms with E-state index in [0.29, 0.717) is 17.5 Å². The van der Waals surface area contributed by atoms with Crippen molar-refractivity contribution < 1.29 is 0 Å². The quantitative estimate of drug-likeness (QED) is 0.717. The minimum absolute atomic E-state index is 0.315. The summed E-state index contributed by atoms with van der Waals surface area (Å²) in [6.45, 7) is 2.44. The van der Waals surface area contributed by atoms with Gasteiger partial charge in [-0.2, -0.15) is 5.10 Å². The predicted octanol–water partition coefficient (Wildman–Crippen LogP) is 2.49. The van der Waals surface area contributed by atoms with E-state index >= 15 is 0 Å². The third-order valence-corrected chi connectivity index (χ3v) is 4.98. The lowest BCUT2D eigenvalue weighted by molar-refractivity contribution is 0.475. The second-order valence-electron chi connectivity index (χ2n) is 6.33. The molecule has 25 heavy (non-hydrogen) atoms. The molecule has 1 aliphatic rings. The summed E-state index contributed by atoms with van der Waals surface area (Å²) in [7, 11) is 2.03. The Hall–Kier alpha value is -2.41. The van der Waals surface area contributed by atoms with Gasteiger partial charge in [-0.15, -0.1) is 10.2 Å². The Balaban J connectivity index is 1.54. The van der Waals surface area contributed by atoms with Crippen molar-refractivity contribution in [3.63, 3.8) is 0 Å². The summed E-state index contributed by atoms with van der Waals surface area (Å²) < 4.78 is 3.95. The molecule has 0 N–H and O–H groups in total. The van der Waals surface area contributed by atoms with E-state index in [0.717, 1.165) is 43.4 Å². The van der Waals surface area contributed by atoms with Crippen LogP contribution in [-0.2, 0) is 13.6 Å². The molecule has 3 aromatic rings. The van der Waals surface area contributed by atoms with Gasteiger partial charge in [-0.3, -0.25) is 4.68 Å². The first-order valence-corrected chi connectivity index (χ1v) is 8.81. The van der Waals surface area contributed by atoms with Crippen LogP contribution in [0.4, 0.5) is 5.82 Å². The average Bonchev–Trinajstić information content (AvgIpc) is 3.27. The molecule has 1 atom stereocenters. The van der Waals surface area contributed by atoms with Gasteiger partial charge in [-0.1, -0.05) is 11.6 Å². The van der Waals surface area contributed by atoms with Crippen LogP contribution in [0.2, 0.25) is 5.02 Å². The van der Waals surface area contributed by atoms with E-state index in [2.05, 4.69) is 29.7 Å². The minimum Gasteiger partial charge on any atom is -0.355 e. The summed E-state index contributed by atoms with van der Waals surface area (Å²) in [5, 5.41) is 13.8. The zero-order valence-electron chi connectivity index (χ0n) is 14.1. The lowest BCUT2D eigenvalue weighted by atomic mass is 9.97. The Morgan fingerprint density at radius 3 is 2.96 bits per heavy atom. The van der Waals surface area contributed by atoms with E-state index in [9.17, 15) is 0 Å². The van der Waals surface area contributed by atoms with E-state index in [-0.39, 0.29) is 0 Å². The molecular formula is C17H20ClN7. The Bertz CT molecular complexity index is 843. The fraction of sp³-hybridized carbons (Fsp3) is 0.412. The molecule has 130 valence electrons. The molecule has 4 heterocycles. The van der Waals surface area contributed by atoms with Gasteiger partial charge in [0.2, 0.25) is 0 Å². The first kappa shape index (κ1) is 16.1. The first-order valence-electron chi connectivity index (χ1n) is 8.43. The van der Waals surface area contributed by atoms with E-state index < -0.39 is 0 Å². The van der Waals surface area contributed by atoms with Crippen LogP contribution in [0, 0.1) is 0 Å². The third-order valence-electron chi connectivity index (χ3n) is 4.69. The highest BCUT2D eigenvalue weighted by Gasteiger charge is 2.27. The normalized spacial score (nSPS) is 17.8. The van der Waals surface area contributed by atoms with E-state index in [1.165, 1.54) is 0 Å². The van der Waals surface area contributed by atoms with Gasteiger partial charge in [0.05, 0.1) is 5.02 Å². The summed E-state index contributed by atoms with van der Waals surface area (Å²) in [5.41, 5.74) is 0. The first-order chi connectivity index (χ1) is 12.2. The van der Waals surface area contributed by atoms with Gasteiger partial charge in [0.1, 0.15) is 18.2 Å². The highest BCUT2D eigenvalue weighted by Crippen LogP contribution is 2.31. The van der Waals surface area contributed by atoms with Gasteiger partial charge in [-0.05, 0) is 31.0 Å². The number of anilines is 1. The number of nitrogens with zero attached hydrogens (tertiary/aromatic N) is 7. The lowest BCUT2D eigenvalue weighted by Crippen LogP contribution is -2.36. The van der Waals surface area contributed by atoms with Gasteiger partial charge >= 0.3 is 0 Å². The van der Waals surface area contributed by atoms with Crippen LogP contribution in [0.15, 0.2) is 36.8 Å². The van der Waals surface area contributed by atoms with E-state index in [1.54, 1.807) is 12.4 Å². The Morgan fingerprint density at radius 1 is 1.24 bits per heavy atom. The van der Waals surface area contributed by atoms with Gasteiger partial charge < -0.3 is 9.47 Å². The average molecular weight is 358 g/mol. The highest BCUT2D eigenvalue weighted by molar-refractivity contribution is 6.32. The van der Waals surface area contributed by atoms with Crippen molar-refractivity contribution in [3.05, 3.63) is 53.5 Å². The second-order valence-corrected chi connectivity index (χ2v) is 6.74. The van der Waals surface area contributed by atoms with Crippen molar-refractivity contribution in [3.8, 4) is 0 Å². The van der Waals surface area contributed by atoms with Gasteiger partial charge in [0.15, 0.2) is 5.82 Å². The number of hydrogen-bond acceptors (Lipinski definition) is 5. The number of piperidine rings is 1. The number of rotatable bonds is 4. The number of halogens is 1. The Morgan fingerprint density at radius 2 is 2.16 bits per heavy atom. The molecule has 0 aromatic carbocycles. The molecule has 8 heteroatoms. The number of hydrogen-bond donors (Lipinski definition) is 0. The maximum Gasteiger partial charge on any atom is 0.154 e. The topological polar surface area (TPSA) is 64.7 Å². The maximum atomic E-state index is 6.32. The highest BCUT2D eigenvalue weighted by atomic mass is 35.5. The van der Waals surface area contributed by atoms with Crippen LogP contribution < -0.4 is 4.90 Å². The van der Waals surface area contributed by atoms with Crippen molar-refractivity contribution >= 4 is 17.4 Å². The van der Waals surface area contributed by atoms with Crippen molar-refractivity contribution in [2.75, 3.05) is 18.0 Å². The number of pyridine rings is 1.